The molecule has 0 saturated carbocycles. The molecule has 0 aliphatic carbocycles. The predicted octanol–water partition coefficient (Wildman–Crippen LogP) is 1.63. The van der Waals surface area contributed by atoms with Crippen molar-refractivity contribution in [1.29, 1.82) is 0 Å². The smallest absolute Gasteiger partial charge is 0.233 e. The number of hydrogen-bond donors (Lipinski definition) is 2. The molecule has 7 heteroatoms. The van der Waals surface area contributed by atoms with E-state index < -0.39 is 0 Å². The van der Waals surface area contributed by atoms with E-state index in [0.717, 1.165) is 26.1 Å². The van der Waals surface area contributed by atoms with Gasteiger partial charge in [-0.2, -0.15) is 0 Å². The summed E-state index contributed by atoms with van der Waals surface area (Å²) in [5.41, 5.74) is 5.92. The molecule has 0 spiro atoms. The van der Waals surface area contributed by atoms with Crippen LogP contribution in [0, 0.1) is 5.92 Å². The standard InChI is InChI=1S/C12H16ClN3O3/c13-10-9(11(14)16-17)1-4-15-12(10)19-7-8-2-5-18-6-3-8/h1,4,8,17H,2-3,5-7H2,(H2,14,16). The molecule has 0 aromatic carbocycles. The summed E-state index contributed by atoms with van der Waals surface area (Å²) in [7, 11) is 0. The largest absolute Gasteiger partial charge is 0.476 e. The first-order chi connectivity index (χ1) is 9.22. The first-order valence-electron chi connectivity index (χ1n) is 6.05. The van der Waals surface area contributed by atoms with Gasteiger partial charge in [0, 0.05) is 25.0 Å². The van der Waals surface area contributed by atoms with Crippen LogP contribution in [0.3, 0.4) is 0 Å². The van der Waals surface area contributed by atoms with Crippen molar-refractivity contribution in [2.75, 3.05) is 19.8 Å². The fourth-order valence-electron chi connectivity index (χ4n) is 1.89. The van der Waals surface area contributed by atoms with Crippen molar-refractivity contribution in [3.8, 4) is 5.88 Å². The van der Waals surface area contributed by atoms with Crippen LogP contribution in [0.5, 0.6) is 5.88 Å². The van der Waals surface area contributed by atoms with E-state index in [1.54, 1.807) is 6.07 Å². The van der Waals surface area contributed by atoms with Crippen molar-refractivity contribution in [2.24, 2.45) is 16.8 Å². The highest BCUT2D eigenvalue weighted by Gasteiger charge is 2.17. The molecule has 0 unspecified atom stereocenters. The molecule has 1 fully saturated rings. The third-order valence-electron chi connectivity index (χ3n) is 3.04. The monoisotopic (exact) mass is 285 g/mol. The Bertz CT molecular complexity index is 462. The Balaban J connectivity index is 2.04. The Morgan fingerprint density at radius 3 is 3.00 bits per heavy atom. The fourth-order valence-corrected chi connectivity index (χ4v) is 2.15. The van der Waals surface area contributed by atoms with Gasteiger partial charge in [0.1, 0.15) is 5.02 Å². The van der Waals surface area contributed by atoms with E-state index >= 15 is 0 Å². The van der Waals surface area contributed by atoms with Gasteiger partial charge < -0.3 is 20.4 Å². The Hall–Kier alpha value is -1.53. The molecule has 1 aromatic heterocycles. The zero-order valence-corrected chi connectivity index (χ0v) is 11.1. The molecule has 0 atom stereocenters. The van der Waals surface area contributed by atoms with Crippen molar-refractivity contribution < 1.29 is 14.7 Å². The first-order valence-corrected chi connectivity index (χ1v) is 6.43. The zero-order chi connectivity index (χ0) is 13.7. The van der Waals surface area contributed by atoms with Crippen LogP contribution in [-0.2, 0) is 4.74 Å². The molecule has 2 rings (SSSR count). The average Bonchev–Trinajstić information content (AvgIpc) is 2.46. The Morgan fingerprint density at radius 1 is 1.58 bits per heavy atom. The number of nitrogens with zero attached hydrogens (tertiary/aromatic N) is 2. The molecule has 6 nitrogen and oxygen atoms in total. The van der Waals surface area contributed by atoms with E-state index in [1.807, 2.05) is 0 Å². The Labute approximate surface area is 116 Å². The maximum Gasteiger partial charge on any atom is 0.233 e. The van der Waals surface area contributed by atoms with Gasteiger partial charge in [0.05, 0.1) is 6.61 Å². The third-order valence-corrected chi connectivity index (χ3v) is 3.40. The number of oxime groups is 1. The quantitative estimate of drug-likeness (QED) is 0.380. The third kappa shape index (κ3) is 3.48. The molecular formula is C12H16ClN3O3. The maximum absolute atomic E-state index is 8.67. The predicted molar refractivity (Wildman–Crippen MR) is 70.8 cm³/mol. The second kappa shape index (κ2) is 6.58. The topological polar surface area (TPSA) is 90.0 Å². The van der Waals surface area contributed by atoms with E-state index in [4.69, 9.17) is 32.0 Å². The van der Waals surface area contributed by atoms with Crippen molar-refractivity contribution >= 4 is 17.4 Å². The van der Waals surface area contributed by atoms with Crippen LogP contribution < -0.4 is 10.5 Å². The number of nitrogens with two attached hydrogens (primary N) is 1. The minimum Gasteiger partial charge on any atom is -0.476 e. The fraction of sp³-hybridized carbons (Fsp3) is 0.500. The molecule has 0 bridgehead atoms. The van der Waals surface area contributed by atoms with Crippen LogP contribution in [-0.4, -0.2) is 35.8 Å². The molecule has 2 heterocycles. The van der Waals surface area contributed by atoms with E-state index in [0.29, 0.717) is 24.0 Å². The maximum atomic E-state index is 8.67. The van der Waals surface area contributed by atoms with Gasteiger partial charge in [0.25, 0.3) is 0 Å². The molecule has 104 valence electrons. The average molecular weight is 286 g/mol. The highest BCUT2D eigenvalue weighted by atomic mass is 35.5. The van der Waals surface area contributed by atoms with Gasteiger partial charge >= 0.3 is 0 Å². The van der Waals surface area contributed by atoms with Crippen molar-refractivity contribution in [3.05, 3.63) is 22.8 Å². The van der Waals surface area contributed by atoms with Crippen LogP contribution in [0.2, 0.25) is 5.02 Å². The molecule has 1 aromatic rings. The first kappa shape index (κ1) is 13.9. The Kier molecular flexibility index (Phi) is 4.81. The van der Waals surface area contributed by atoms with Gasteiger partial charge in [0.15, 0.2) is 5.84 Å². The molecule has 1 aliphatic rings. The minimum atomic E-state index is -0.0664. The van der Waals surface area contributed by atoms with Gasteiger partial charge in [-0.05, 0) is 24.8 Å². The summed E-state index contributed by atoms with van der Waals surface area (Å²) in [5, 5.41) is 11.8. The summed E-state index contributed by atoms with van der Waals surface area (Å²) in [5.74, 6) is 0.680. The van der Waals surface area contributed by atoms with Gasteiger partial charge in [-0.15, -0.1) is 0 Å². The van der Waals surface area contributed by atoms with Crippen molar-refractivity contribution in [3.63, 3.8) is 0 Å². The summed E-state index contributed by atoms with van der Waals surface area (Å²) in [6.07, 6.45) is 3.45. The lowest BCUT2D eigenvalue weighted by molar-refractivity contribution is 0.0490. The van der Waals surface area contributed by atoms with E-state index in [-0.39, 0.29) is 10.9 Å². The summed E-state index contributed by atoms with van der Waals surface area (Å²) in [6.45, 7) is 2.06. The zero-order valence-electron chi connectivity index (χ0n) is 10.4. The molecule has 1 aliphatic heterocycles. The van der Waals surface area contributed by atoms with Crippen molar-refractivity contribution in [2.45, 2.75) is 12.8 Å². The number of pyridine rings is 1. The number of rotatable bonds is 4. The lowest BCUT2D eigenvalue weighted by Crippen LogP contribution is -2.22. The van der Waals surface area contributed by atoms with Crippen LogP contribution >= 0.6 is 11.6 Å². The summed E-state index contributed by atoms with van der Waals surface area (Å²) >= 11 is 6.12. The second-order valence-corrected chi connectivity index (χ2v) is 4.71. The Morgan fingerprint density at radius 2 is 2.32 bits per heavy atom. The normalized spacial score (nSPS) is 17.4. The van der Waals surface area contributed by atoms with Crippen LogP contribution in [0.25, 0.3) is 0 Å². The molecule has 0 amide bonds. The minimum absolute atomic E-state index is 0.0664. The molecule has 19 heavy (non-hydrogen) atoms. The van der Waals surface area contributed by atoms with Gasteiger partial charge in [0.2, 0.25) is 5.88 Å². The second-order valence-electron chi connectivity index (χ2n) is 4.33. The van der Waals surface area contributed by atoms with Crippen LogP contribution in [0.1, 0.15) is 18.4 Å². The van der Waals surface area contributed by atoms with Crippen LogP contribution in [0.4, 0.5) is 0 Å². The summed E-state index contributed by atoms with van der Waals surface area (Å²) in [6, 6.07) is 1.57. The highest BCUT2D eigenvalue weighted by Crippen LogP contribution is 2.26. The number of halogens is 1. The van der Waals surface area contributed by atoms with Gasteiger partial charge in [-0.3, -0.25) is 0 Å². The molecule has 3 N–H and O–H groups in total. The number of aromatic nitrogens is 1. The number of hydrogen-bond acceptors (Lipinski definition) is 5. The highest BCUT2D eigenvalue weighted by molar-refractivity contribution is 6.35. The van der Waals surface area contributed by atoms with Gasteiger partial charge in [-0.1, -0.05) is 16.8 Å². The molecule has 0 radical (unpaired) electrons. The number of ether oxygens (including phenoxy) is 2. The summed E-state index contributed by atoms with van der Waals surface area (Å²) in [4.78, 5) is 4.06. The lowest BCUT2D eigenvalue weighted by Gasteiger charge is -2.22. The SMILES string of the molecule is N/C(=N/O)c1ccnc(OCC2CCOCC2)c1Cl. The molecular weight excluding hydrogens is 270 g/mol. The van der Waals surface area contributed by atoms with E-state index in [1.165, 1.54) is 6.20 Å². The van der Waals surface area contributed by atoms with E-state index in [9.17, 15) is 0 Å². The summed E-state index contributed by atoms with van der Waals surface area (Å²) < 4.78 is 10.9. The molecule has 1 saturated heterocycles. The number of amidine groups is 1. The van der Waals surface area contributed by atoms with Crippen LogP contribution in [0.15, 0.2) is 17.4 Å². The van der Waals surface area contributed by atoms with E-state index in [2.05, 4.69) is 10.1 Å². The van der Waals surface area contributed by atoms with Gasteiger partial charge in [-0.25, -0.2) is 4.98 Å². The van der Waals surface area contributed by atoms with Crippen molar-refractivity contribution in [1.82, 2.24) is 4.98 Å². The lowest BCUT2D eigenvalue weighted by atomic mass is 10.0.